The molecule has 0 fully saturated rings. The Labute approximate surface area is 184 Å². The summed E-state index contributed by atoms with van der Waals surface area (Å²) in [6.07, 6.45) is 6.22. The van der Waals surface area contributed by atoms with Crippen LogP contribution in [0.4, 0.5) is 11.8 Å². The first kappa shape index (κ1) is 21.0. The first-order valence-electron chi connectivity index (χ1n) is 9.45. The summed E-state index contributed by atoms with van der Waals surface area (Å²) in [4.78, 5) is 16.1. The average molecular weight is 511 g/mol. The third-order valence-corrected chi connectivity index (χ3v) is 4.97. The maximum Gasteiger partial charge on any atom is 0.247 e. The summed E-state index contributed by atoms with van der Waals surface area (Å²) in [6.45, 7) is 2.04. The number of nitrogens with zero attached hydrogens (tertiary/aromatic N) is 4. The lowest BCUT2D eigenvalue weighted by molar-refractivity contribution is 0.709. The van der Waals surface area contributed by atoms with Crippen LogP contribution in [-0.2, 0) is 19.3 Å². The monoisotopic (exact) mass is 510 g/mol. The van der Waals surface area contributed by atoms with Crippen molar-refractivity contribution in [1.29, 1.82) is 0 Å². The fourth-order valence-corrected chi connectivity index (χ4v) is 3.47. The molecule has 0 atom stereocenters. The molecule has 0 spiro atoms. The van der Waals surface area contributed by atoms with Crippen LogP contribution in [0.25, 0.3) is 11.4 Å². The van der Waals surface area contributed by atoms with Gasteiger partial charge in [-0.25, -0.2) is 9.97 Å². The van der Waals surface area contributed by atoms with Crippen LogP contribution < -0.4 is 5.32 Å². The van der Waals surface area contributed by atoms with Gasteiger partial charge in [-0.15, -0.1) is 5.10 Å². The number of anilines is 2. The minimum Gasteiger partial charge on any atom is -0.307 e. The molecule has 8 heteroatoms. The highest BCUT2D eigenvalue weighted by Crippen LogP contribution is 2.31. The number of H-pyrrole nitrogens is 1. The Bertz CT molecular complexity index is 927. The number of fused-ring (bicyclic) bond motifs is 1. The molecule has 6 nitrogen and oxygen atoms in total. The molecule has 148 valence electrons. The van der Waals surface area contributed by atoms with Crippen molar-refractivity contribution in [1.82, 2.24) is 25.1 Å². The second-order valence-corrected chi connectivity index (χ2v) is 6.85. The van der Waals surface area contributed by atoms with E-state index in [1.165, 1.54) is 12.0 Å². The van der Waals surface area contributed by atoms with Crippen LogP contribution in [0, 0.1) is 0 Å². The summed E-state index contributed by atoms with van der Waals surface area (Å²) in [5, 5.41) is 11.1. The van der Waals surface area contributed by atoms with E-state index in [1.54, 1.807) is 0 Å². The molecular formula is C20H24ClIN6. The van der Waals surface area contributed by atoms with Gasteiger partial charge in [-0.3, -0.25) is 5.10 Å². The van der Waals surface area contributed by atoms with Crippen LogP contribution in [0.5, 0.6) is 0 Å². The second kappa shape index (κ2) is 10.2. The standard InChI is InChI=1S/C19H21ClN6.CH3I/c1-2-16-22-19(26-25-16)24-18-13-9-4-3-5-11-15(13)21-17(23-18)12-8-6-7-10-14(12)20;1-2/h6-8,10H,2-5,9,11H2,1H3,(H2,21,22,23,24,25,26);1H3. The van der Waals surface area contributed by atoms with E-state index in [9.17, 15) is 0 Å². The predicted octanol–water partition coefficient (Wildman–Crippen LogP) is 5.54. The van der Waals surface area contributed by atoms with Gasteiger partial charge in [0.2, 0.25) is 5.95 Å². The Kier molecular flexibility index (Phi) is 7.61. The Morgan fingerprint density at radius 2 is 1.86 bits per heavy atom. The number of alkyl halides is 1. The Balaban J connectivity index is 0.00000109. The summed E-state index contributed by atoms with van der Waals surface area (Å²) < 4.78 is 0. The van der Waals surface area contributed by atoms with Crippen LogP contribution in [0.2, 0.25) is 5.02 Å². The molecule has 28 heavy (non-hydrogen) atoms. The van der Waals surface area contributed by atoms with Crippen LogP contribution in [0.1, 0.15) is 43.3 Å². The predicted molar refractivity (Wildman–Crippen MR) is 123 cm³/mol. The van der Waals surface area contributed by atoms with Crippen molar-refractivity contribution < 1.29 is 0 Å². The van der Waals surface area contributed by atoms with E-state index >= 15 is 0 Å². The zero-order valence-corrected chi connectivity index (χ0v) is 19.0. The van der Waals surface area contributed by atoms with Crippen molar-refractivity contribution in [3.8, 4) is 11.4 Å². The highest BCUT2D eigenvalue weighted by Gasteiger charge is 2.19. The number of benzene rings is 1. The number of aromatic nitrogens is 5. The summed E-state index contributed by atoms with van der Waals surface area (Å²) >= 11 is 8.53. The topological polar surface area (TPSA) is 79.4 Å². The molecule has 1 aliphatic rings. The Morgan fingerprint density at radius 1 is 1.07 bits per heavy atom. The maximum atomic E-state index is 6.38. The third-order valence-electron chi connectivity index (χ3n) is 4.64. The first-order chi connectivity index (χ1) is 13.7. The Morgan fingerprint density at radius 3 is 2.61 bits per heavy atom. The quantitative estimate of drug-likeness (QED) is 0.274. The first-order valence-corrected chi connectivity index (χ1v) is 12.0. The molecule has 0 amide bonds. The Hall–Kier alpha value is -1.74. The number of aromatic amines is 1. The van der Waals surface area contributed by atoms with E-state index in [0.29, 0.717) is 16.8 Å². The molecule has 2 N–H and O–H groups in total. The van der Waals surface area contributed by atoms with Gasteiger partial charge in [-0.05, 0) is 42.7 Å². The highest BCUT2D eigenvalue weighted by atomic mass is 127. The van der Waals surface area contributed by atoms with Crippen LogP contribution in [0.3, 0.4) is 0 Å². The summed E-state index contributed by atoms with van der Waals surface area (Å²) in [6, 6.07) is 7.68. The van der Waals surface area contributed by atoms with Crippen molar-refractivity contribution >= 4 is 46.0 Å². The number of rotatable bonds is 4. The van der Waals surface area contributed by atoms with Crippen LogP contribution >= 0.6 is 34.2 Å². The van der Waals surface area contributed by atoms with Crippen LogP contribution in [-0.4, -0.2) is 30.1 Å². The van der Waals surface area contributed by atoms with Crippen molar-refractivity contribution in [3.05, 3.63) is 46.4 Å². The fraction of sp³-hybridized carbons (Fsp3) is 0.400. The molecule has 1 aromatic carbocycles. The summed E-state index contributed by atoms with van der Waals surface area (Å²) in [5.41, 5.74) is 3.11. The van der Waals surface area contributed by atoms with Crippen molar-refractivity contribution in [3.63, 3.8) is 0 Å². The van der Waals surface area contributed by atoms with Crippen LogP contribution in [0.15, 0.2) is 24.3 Å². The average Bonchev–Trinajstić information content (AvgIpc) is 3.04. The SMILES string of the molecule is CCc1nc(Nc2nc(-c3ccccc3Cl)nc3c2CCCCC3)n[nH]1.CI. The minimum atomic E-state index is 0.539. The number of aryl methyl sites for hydroxylation is 2. The minimum absolute atomic E-state index is 0.539. The molecule has 0 unspecified atom stereocenters. The van der Waals surface area contributed by atoms with Gasteiger partial charge in [0.15, 0.2) is 5.82 Å². The molecule has 0 saturated heterocycles. The van der Waals surface area contributed by atoms with Gasteiger partial charge in [0.25, 0.3) is 0 Å². The van der Waals surface area contributed by atoms with Gasteiger partial charge in [0.05, 0.1) is 5.02 Å². The van der Waals surface area contributed by atoms with Gasteiger partial charge in [-0.1, -0.05) is 59.7 Å². The fourth-order valence-electron chi connectivity index (χ4n) is 3.25. The van der Waals surface area contributed by atoms with Gasteiger partial charge in [-0.2, -0.15) is 4.98 Å². The number of halogens is 2. The van der Waals surface area contributed by atoms with E-state index in [1.807, 2.05) is 36.1 Å². The molecule has 3 aromatic rings. The molecule has 0 aliphatic heterocycles. The highest BCUT2D eigenvalue weighted by molar-refractivity contribution is 14.1. The van der Waals surface area contributed by atoms with E-state index in [0.717, 1.165) is 55.0 Å². The smallest absolute Gasteiger partial charge is 0.247 e. The van der Waals surface area contributed by atoms with E-state index < -0.39 is 0 Å². The van der Waals surface area contributed by atoms with Gasteiger partial charge < -0.3 is 5.32 Å². The molecule has 0 radical (unpaired) electrons. The molecule has 2 heterocycles. The second-order valence-electron chi connectivity index (χ2n) is 6.45. The van der Waals surface area contributed by atoms with Crippen molar-refractivity contribution in [2.75, 3.05) is 10.2 Å². The lowest BCUT2D eigenvalue weighted by Crippen LogP contribution is -2.08. The lowest BCUT2D eigenvalue weighted by atomic mass is 10.1. The maximum absolute atomic E-state index is 6.38. The lowest BCUT2D eigenvalue weighted by Gasteiger charge is -2.14. The summed E-state index contributed by atoms with van der Waals surface area (Å²) in [7, 11) is 0. The molecule has 0 saturated carbocycles. The molecule has 0 bridgehead atoms. The van der Waals surface area contributed by atoms with Gasteiger partial charge in [0, 0.05) is 23.2 Å². The number of hydrogen-bond donors (Lipinski definition) is 2. The van der Waals surface area contributed by atoms with E-state index in [-0.39, 0.29) is 0 Å². The molecule has 1 aliphatic carbocycles. The van der Waals surface area contributed by atoms with Crippen molar-refractivity contribution in [2.45, 2.75) is 45.4 Å². The third kappa shape index (κ3) is 4.81. The number of hydrogen-bond acceptors (Lipinski definition) is 5. The molecular weight excluding hydrogens is 487 g/mol. The number of nitrogens with one attached hydrogen (secondary N) is 2. The van der Waals surface area contributed by atoms with Crippen molar-refractivity contribution in [2.24, 2.45) is 0 Å². The molecule has 2 aromatic heterocycles. The van der Waals surface area contributed by atoms with E-state index in [4.69, 9.17) is 21.6 Å². The van der Waals surface area contributed by atoms with Gasteiger partial charge in [0.1, 0.15) is 11.6 Å². The normalized spacial score (nSPS) is 13.1. The zero-order valence-electron chi connectivity index (χ0n) is 16.1. The molecule has 4 rings (SSSR count). The van der Waals surface area contributed by atoms with E-state index in [2.05, 4.69) is 43.1 Å². The van der Waals surface area contributed by atoms with Gasteiger partial charge >= 0.3 is 0 Å². The largest absolute Gasteiger partial charge is 0.307 e. The summed E-state index contributed by atoms with van der Waals surface area (Å²) in [5.74, 6) is 2.81. The zero-order chi connectivity index (χ0) is 19.9.